The molecule has 0 unspecified atom stereocenters. The minimum Gasteiger partial charge on any atom is -0.493 e. The van der Waals surface area contributed by atoms with Gasteiger partial charge >= 0.3 is 0 Å². The van der Waals surface area contributed by atoms with Crippen molar-refractivity contribution in [2.45, 2.75) is 18.3 Å². The Kier molecular flexibility index (Phi) is 7.65. The molecule has 0 saturated heterocycles. The van der Waals surface area contributed by atoms with Gasteiger partial charge in [-0.05, 0) is 35.4 Å². The van der Waals surface area contributed by atoms with Gasteiger partial charge in [-0.2, -0.15) is 0 Å². The summed E-state index contributed by atoms with van der Waals surface area (Å²) in [4.78, 5) is 0. The molecule has 2 N–H and O–H groups in total. The second-order valence-corrected chi connectivity index (χ2v) is 8.57. The molecule has 0 spiro atoms. The van der Waals surface area contributed by atoms with Crippen molar-refractivity contribution in [2.24, 2.45) is 0 Å². The average Bonchev–Trinajstić information content (AvgIpc) is 2.73. The monoisotopic (exact) mass is 423 g/mol. The van der Waals surface area contributed by atoms with Crippen LogP contribution in [0.2, 0.25) is 0 Å². The number of sulfonamides is 1. The Balaban J connectivity index is 1.53. The van der Waals surface area contributed by atoms with Gasteiger partial charge in [0, 0.05) is 12.1 Å². The summed E-state index contributed by atoms with van der Waals surface area (Å²) in [6.07, 6.45) is 3.23. The van der Waals surface area contributed by atoms with Crippen molar-refractivity contribution >= 4 is 21.8 Å². The van der Waals surface area contributed by atoms with Gasteiger partial charge in [-0.3, -0.25) is 4.72 Å². The Labute approximate surface area is 177 Å². The number of para-hydroxylation sites is 1. The molecule has 3 aromatic carbocycles. The molecule has 0 aliphatic rings. The van der Waals surface area contributed by atoms with E-state index in [1.165, 1.54) is 0 Å². The summed E-state index contributed by atoms with van der Waals surface area (Å²) in [6, 6.07) is 25.5. The minimum absolute atomic E-state index is 0.0893. The number of anilines is 1. The van der Waals surface area contributed by atoms with E-state index in [2.05, 4.69) is 4.72 Å². The van der Waals surface area contributed by atoms with Gasteiger partial charge in [0.05, 0.1) is 18.5 Å². The van der Waals surface area contributed by atoms with Crippen LogP contribution in [-0.2, 0) is 15.8 Å². The molecule has 30 heavy (non-hydrogen) atoms. The molecule has 0 aliphatic carbocycles. The van der Waals surface area contributed by atoms with Crippen molar-refractivity contribution in [1.82, 2.24) is 0 Å². The molecular weight excluding hydrogens is 398 g/mol. The van der Waals surface area contributed by atoms with Gasteiger partial charge in [-0.25, -0.2) is 8.42 Å². The summed E-state index contributed by atoms with van der Waals surface area (Å²) >= 11 is 0. The van der Waals surface area contributed by atoms with E-state index >= 15 is 0 Å². The third kappa shape index (κ3) is 7.39. The molecule has 0 aliphatic heterocycles. The molecule has 6 heteroatoms. The quantitative estimate of drug-likeness (QED) is 0.504. The Morgan fingerprint density at radius 3 is 2.37 bits per heavy atom. The highest BCUT2D eigenvalue weighted by Crippen LogP contribution is 2.16. The molecule has 1 atom stereocenters. The van der Waals surface area contributed by atoms with Crippen LogP contribution in [0.1, 0.15) is 17.5 Å². The van der Waals surface area contributed by atoms with Gasteiger partial charge < -0.3 is 9.84 Å². The van der Waals surface area contributed by atoms with Crippen molar-refractivity contribution in [3.05, 3.63) is 102 Å². The number of aliphatic hydroxyl groups excluding tert-OH is 1. The van der Waals surface area contributed by atoms with Crippen molar-refractivity contribution < 1.29 is 18.3 Å². The topological polar surface area (TPSA) is 75.6 Å². The second-order valence-electron chi connectivity index (χ2n) is 6.85. The van der Waals surface area contributed by atoms with Crippen LogP contribution in [-0.4, -0.2) is 26.2 Å². The predicted molar refractivity (Wildman–Crippen MR) is 121 cm³/mol. The van der Waals surface area contributed by atoms with Crippen LogP contribution in [0.4, 0.5) is 5.69 Å². The van der Waals surface area contributed by atoms with Crippen molar-refractivity contribution in [1.29, 1.82) is 0 Å². The Bertz CT molecular complexity index is 1050. The number of nitrogens with one attached hydrogen (secondary N) is 1. The normalized spacial score (nSPS) is 12.6. The molecular formula is C24H25NO4S. The summed E-state index contributed by atoms with van der Waals surface area (Å²) in [5.74, 6) is 0.678. The minimum atomic E-state index is -3.51. The highest BCUT2D eigenvalue weighted by Gasteiger charge is 2.11. The summed E-state index contributed by atoms with van der Waals surface area (Å²) in [6.45, 7) is 0.398. The molecule has 0 bridgehead atoms. The molecule has 0 heterocycles. The summed E-state index contributed by atoms with van der Waals surface area (Å²) in [5, 5.41) is 10.1. The number of benzene rings is 3. The van der Waals surface area contributed by atoms with E-state index < -0.39 is 16.1 Å². The zero-order valence-corrected chi connectivity index (χ0v) is 17.3. The van der Waals surface area contributed by atoms with Crippen molar-refractivity contribution in [3.8, 4) is 5.75 Å². The first-order chi connectivity index (χ1) is 14.5. The first-order valence-electron chi connectivity index (χ1n) is 9.69. The van der Waals surface area contributed by atoms with Gasteiger partial charge in [0.15, 0.2) is 0 Å². The van der Waals surface area contributed by atoms with Crippen LogP contribution in [0.15, 0.2) is 91.0 Å². The van der Waals surface area contributed by atoms with E-state index in [0.717, 1.165) is 16.9 Å². The van der Waals surface area contributed by atoms with E-state index in [1.54, 1.807) is 42.5 Å². The zero-order valence-electron chi connectivity index (χ0n) is 16.5. The number of hydrogen-bond acceptors (Lipinski definition) is 4. The van der Waals surface area contributed by atoms with Gasteiger partial charge in [0.2, 0.25) is 10.0 Å². The standard InChI is InChI=1S/C24H25NO4S/c26-23(16-17-29-24-12-5-2-6-13-24)15-14-20-10-7-11-22(18-20)25-30(27,28)19-21-8-3-1-4-9-21/h1-15,18,23,25-26H,16-17,19H2/b15-14+/t23-/m0/s1. The van der Waals surface area contributed by atoms with Crippen LogP contribution in [0.5, 0.6) is 5.75 Å². The molecule has 0 aromatic heterocycles. The lowest BCUT2D eigenvalue weighted by molar-refractivity contribution is 0.179. The summed E-state index contributed by atoms with van der Waals surface area (Å²) in [7, 11) is -3.51. The van der Waals surface area contributed by atoms with Gasteiger partial charge in [-0.1, -0.05) is 72.8 Å². The van der Waals surface area contributed by atoms with Crippen LogP contribution in [0, 0.1) is 0 Å². The molecule has 0 saturated carbocycles. The molecule has 0 amide bonds. The number of rotatable bonds is 10. The Morgan fingerprint density at radius 1 is 0.933 bits per heavy atom. The lowest BCUT2D eigenvalue weighted by atomic mass is 10.1. The van der Waals surface area contributed by atoms with Crippen molar-refractivity contribution in [3.63, 3.8) is 0 Å². The fourth-order valence-electron chi connectivity index (χ4n) is 2.85. The van der Waals surface area contributed by atoms with Crippen LogP contribution < -0.4 is 9.46 Å². The highest BCUT2D eigenvalue weighted by atomic mass is 32.2. The molecule has 0 radical (unpaired) electrons. The largest absolute Gasteiger partial charge is 0.493 e. The molecule has 5 nitrogen and oxygen atoms in total. The molecule has 156 valence electrons. The third-order valence-corrected chi connectivity index (χ3v) is 5.56. The lowest BCUT2D eigenvalue weighted by Crippen LogP contribution is -2.15. The summed E-state index contributed by atoms with van der Waals surface area (Å²) < 4.78 is 33.0. The maximum Gasteiger partial charge on any atom is 0.236 e. The van der Waals surface area contributed by atoms with Gasteiger partial charge in [-0.15, -0.1) is 0 Å². The summed E-state index contributed by atoms with van der Waals surface area (Å²) in [5.41, 5.74) is 2.00. The van der Waals surface area contributed by atoms with Crippen molar-refractivity contribution in [2.75, 3.05) is 11.3 Å². The van der Waals surface area contributed by atoms with E-state index in [-0.39, 0.29) is 5.75 Å². The predicted octanol–water partition coefficient (Wildman–Crippen LogP) is 4.47. The Hall–Kier alpha value is -3.09. The molecule has 0 fully saturated rings. The first-order valence-corrected chi connectivity index (χ1v) is 11.3. The fourth-order valence-corrected chi connectivity index (χ4v) is 4.04. The molecule has 3 aromatic rings. The van der Waals surface area contributed by atoms with E-state index in [1.807, 2.05) is 54.6 Å². The Morgan fingerprint density at radius 2 is 1.63 bits per heavy atom. The zero-order chi connectivity index (χ0) is 21.2. The van der Waals surface area contributed by atoms with Gasteiger partial charge in [0.1, 0.15) is 5.75 Å². The van der Waals surface area contributed by atoms with E-state index in [9.17, 15) is 13.5 Å². The van der Waals surface area contributed by atoms with Crippen LogP contribution in [0.3, 0.4) is 0 Å². The maximum absolute atomic E-state index is 12.4. The van der Waals surface area contributed by atoms with Crippen LogP contribution in [0.25, 0.3) is 6.08 Å². The second kappa shape index (κ2) is 10.6. The highest BCUT2D eigenvalue weighted by molar-refractivity contribution is 7.91. The number of aliphatic hydroxyl groups is 1. The van der Waals surface area contributed by atoms with E-state index in [0.29, 0.717) is 18.7 Å². The smallest absolute Gasteiger partial charge is 0.236 e. The number of ether oxygens (including phenoxy) is 1. The SMILES string of the molecule is O=S(=O)(Cc1ccccc1)Nc1cccc(/C=C/[C@H](O)CCOc2ccccc2)c1. The van der Waals surface area contributed by atoms with Crippen LogP contribution >= 0.6 is 0 Å². The number of hydrogen-bond donors (Lipinski definition) is 2. The van der Waals surface area contributed by atoms with E-state index in [4.69, 9.17) is 4.74 Å². The molecule has 3 rings (SSSR count). The first kappa shape index (κ1) is 21.6. The maximum atomic E-state index is 12.4. The lowest BCUT2D eigenvalue weighted by Gasteiger charge is -2.10. The third-order valence-electron chi connectivity index (χ3n) is 4.30. The average molecular weight is 424 g/mol. The fraction of sp³-hybridized carbons (Fsp3) is 0.167. The van der Waals surface area contributed by atoms with Gasteiger partial charge in [0.25, 0.3) is 0 Å².